The van der Waals surface area contributed by atoms with Gasteiger partial charge in [-0.2, -0.15) is 4.31 Å². The highest BCUT2D eigenvalue weighted by Gasteiger charge is 2.33. The van der Waals surface area contributed by atoms with Gasteiger partial charge in [0, 0.05) is 24.8 Å². The van der Waals surface area contributed by atoms with E-state index in [4.69, 9.17) is 22.1 Å². The number of sulfonamides is 1. The molecule has 0 amide bonds. The lowest BCUT2D eigenvalue weighted by Crippen LogP contribution is -2.42. The molecule has 0 bridgehead atoms. The van der Waals surface area contributed by atoms with Crippen LogP contribution in [-0.2, 0) is 19.6 Å². The van der Waals surface area contributed by atoms with Crippen LogP contribution >= 0.6 is 11.6 Å². The van der Waals surface area contributed by atoms with E-state index in [0.717, 1.165) is 10.4 Å². The summed E-state index contributed by atoms with van der Waals surface area (Å²) in [6, 6.07) is 9.26. The molecule has 0 unspecified atom stereocenters. The molecule has 0 aliphatic carbocycles. The summed E-state index contributed by atoms with van der Waals surface area (Å²) in [5.41, 5.74) is 5.42. The quantitative estimate of drug-likeness (QED) is 0.189. The molecule has 2 aromatic rings. The lowest BCUT2D eigenvalue weighted by Gasteiger charge is -2.29. The Morgan fingerprint density at radius 2 is 1.91 bits per heavy atom. The maximum atomic E-state index is 13.5. The molecule has 35 heavy (non-hydrogen) atoms. The number of halogens is 1. The average molecular weight is 527 g/mol. The molecule has 0 aromatic heterocycles. The number of nitro groups is 1. The largest absolute Gasteiger partial charge is 0.460 e. The summed E-state index contributed by atoms with van der Waals surface area (Å²) in [6.45, 7) is 6.92. The molecule has 0 saturated heterocycles. The van der Waals surface area contributed by atoms with Crippen molar-refractivity contribution in [1.29, 1.82) is 0 Å². The molecule has 0 fully saturated rings. The highest BCUT2D eigenvalue weighted by molar-refractivity contribution is 7.89. The van der Waals surface area contributed by atoms with Gasteiger partial charge in [0.2, 0.25) is 10.0 Å². The van der Waals surface area contributed by atoms with Gasteiger partial charge in [-0.3, -0.25) is 14.9 Å². The zero-order valence-electron chi connectivity index (χ0n) is 20.2. The van der Waals surface area contributed by atoms with Gasteiger partial charge in [-0.05, 0) is 51.5 Å². The third kappa shape index (κ3) is 8.08. The summed E-state index contributed by atoms with van der Waals surface area (Å²) >= 11 is 6.12. The predicted molar refractivity (Wildman–Crippen MR) is 136 cm³/mol. The van der Waals surface area contributed by atoms with E-state index >= 15 is 0 Å². The molecule has 3 N–H and O–H groups in total. The summed E-state index contributed by atoms with van der Waals surface area (Å²) in [7, 11) is -4.26. The Kier molecular flexibility index (Phi) is 9.47. The van der Waals surface area contributed by atoms with Crippen LogP contribution in [0.3, 0.4) is 0 Å². The number of rotatable bonds is 11. The van der Waals surface area contributed by atoms with Gasteiger partial charge in [-0.1, -0.05) is 30.7 Å². The molecule has 0 saturated carbocycles. The number of nitrogens with two attached hydrogens (primary N) is 1. The van der Waals surface area contributed by atoms with Crippen LogP contribution in [-0.4, -0.2) is 48.3 Å². The number of ether oxygens (including phenoxy) is 1. The number of nitrogen functional groups attached to an aromatic ring is 1. The fraction of sp³-hybridized carbons (Fsp3) is 0.435. The minimum Gasteiger partial charge on any atom is -0.460 e. The molecule has 2 aromatic carbocycles. The van der Waals surface area contributed by atoms with Crippen molar-refractivity contribution >= 4 is 44.7 Å². The van der Waals surface area contributed by atoms with Crippen LogP contribution < -0.4 is 11.1 Å². The number of benzene rings is 2. The number of carbonyl (C=O) groups excluding carboxylic acids is 1. The van der Waals surface area contributed by atoms with Gasteiger partial charge in [0.25, 0.3) is 5.69 Å². The van der Waals surface area contributed by atoms with Gasteiger partial charge in [0.05, 0.1) is 28.1 Å². The first kappa shape index (κ1) is 28.3. The molecular weight excluding hydrogens is 496 g/mol. The normalized spacial score (nSPS) is 12.9. The predicted octanol–water partition coefficient (Wildman–Crippen LogP) is 4.44. The molecule has 1 atom stereocenters. The van der Waals surface area contributed by atoms with Crippen LogP contribution in [0.5, 0.6) is 0 Å². The maximum absolute atomic E-state index is 13.5. The van der Waals surface area contributed by atoms with E-state index in [9.17, 15) is 23.3 Å². The van der Waals surface area contributed by atoms with Crippen LogP contribution in [0.15, 0.2) is 47.4 Å². The van der Waals surface area contributed by atoms with Gasteiger partial charge < -0.3 is 15.8 Å². The number of para-hydroxylation sites is 1. The number of hydrogen-bond acceptors (Lipinski definition) is 8. The maximum Gasteiger partial charge on any atom is 0.308 e. The summed E-state index contributed by atoms with van der Waals surface area (Å²) in [6.07, 6.45) is 0.290. The highest BCUT2D eigenvalue weighted by atomic mass is 35.5. The highest BCUT2D eigenvalue weighted by Crippen LogP contribution is 2.28. The Morgan fingerprint density at radius 3 is 2.49 bits per heavy atom. The van der Waals surface area contributed by atoms with Crippen molar-refractivity contribution in [3.05, 3.63) is 57.6 Å². The van der Waals surface area contributed by atoms with Crippen molar-refractivity contribution in [2.75, 3.05) is 24.1 Å². The first-order valence-corrected chi connectivity index (χ1v) is 12.8. The summed E-state index contributed by atoms with van der Waals surface area (Å²) in [4.78, 5) is 22.9. The summed E-state index contributed by atoms with van der Waals surface area (Å²) < 4.78 is 33.5. The number of nitro benzene ring substituents is 1. The number of nitrogens with zero attached hydrogens (tertiary/aromatic N) is 2. The molecule has 0 heterocycles. The van der Waals surface area contributed by atoms with Crippen molar-refractivity contribution < 1.29 is 22.9 Å². The average Bonchev–Trinajstić information content (AvgIpc) is 2.74. The number of esters is 1. The van der Waals surface area contributed by atoms with Crippen molar-refractivity contribution in [2.45, 2.75) is 57.1 Å². The smallest absolute Gasteiger partial charge is 0.308 e. The first-order valence-electron chi connectivity index (χ1n) is 11.0. The van der Waals surface area contributed by atoms with Gasteiger partial charge >= 0.3 is 5.97 Å². The minimum absolute atomic E-state index is 0.0867. The van der Waals surface area contributed by atoms with Crippen LogP contribution in [0.25, 0.3) is 0 Å². The number of hydrogen-bond donors (Lipinski definition) is 2. The fourth-order valence-corrected chi connectivity index (χ4v) is 5.28. The molecule has 10 nitrogen and oxygen atoms in total. The Hall–Kier alpha value is -2.89. The number of carbonyl (C=O) groups is 1. The second kappa shape index (κ2) is 11.7. The summed E-state index contributed by atoms with van der Waals surface area (Å²) in [5.74, 6) is -0.531. The zero-order chi connectivity index (χ0) is 26.4. The van der Waals surface area contributed by atoms with E-state index in [-0.39, 0.29) is 19.5 Å². The van der Waals surface area contributed by atoms with E-state index in [0.29, 0.717) is 22.8 Å². The molecule has 0 spiro atoms. The second-order valence-electron chi connectivity index (χ2n) is 8.96. The van der Waals surface area contributed by atoms with Crippen molar-refractivity contribution in [3.63, 3.8) is 0 Å². The Morgan fingerprint density at radius 1 is 1.26 bits per heavy atom. The lowest BCUT2D eigenvalue weighted by atomic mass is 10.1. The molecule has 0 radical (unpaired) electrons. The third-order valence-electron chi connectivity index (χ3n) is 4.78. The minimum atomic E-state index is -4.26. The Balaban J connectivity index is 2.43. The van der Waals surface area contributed by atoms with E-state index in [1.165, 1.54) is 18.2 Å². The van der Waals surface area contributed by atoms with E-state index in [2.05, 4.69) is 5.32 Å². The number of anilines is 2. The topological polar surface area (TPSA) is 145 Å². The molecule has 0 aliphatic heterocycles. The fourth-order valence-electron chi connectivity index (χ4n) is 3.37. The molecular formula is C23H31ClN4O6S. The zero-order valence-corrected chi connectivity index (χ0v) is 21.7. The van der Waals surface area contributed by atoms with Crippen molar-refractivity contribution in [1.82, 2.24) is 4.31 Å². The molecule has 2 rings (SSSR count). The monoisotopic (exact) mass is 526 g/mol. The van der Waals surface area contributed by atoms with Gasteiger partial charge in [0.15, 0.2) is 4.90 Å². The van der Waals surface area contributed by atoms with Crippen LogP contribution in [0.4, 0.5) is 17.1 Å². The molecule has 12 heteroatoms. The third-order valence-corrected chi connectivity index (χ3v) is 7.02. The van der Waals surface area contributed by atoms with E-state index in [1.807, 2.05) is 0 Å². The lowest BCUT2D eigenvalue weighted by molar-refractivity contribution is -0.387. The van der Waals surface area contributed by atoms with Crippen LogP contribution in [0.2, 0.25) is 5.02 Å². The number of nitrogens with one attached hydrogen (secondary N) is 1. The SMILES string of the molecule is CCCN(C[C@H](CC(=O)OC(C)(C)C)Nc1ccc(N)c(Cl)c1)S(=O)(=O)c1ccccc1[N+](=O)[O-]. The van der Waals surface area contributed by atoms with E-state index in [1.54, 1.807) is 45.9 Å². The second-order valence-corrected chi connectivity index (χ2v) is 11.3. The van der Waals surface area contributed by atoms with E-state index < -0.39 is 43.1 Å². The van der Waals surface area contributed by atoms with Gasteiger partial charge in [-0.25, -0.2) is 8.42 Å². The molecule has 0 aliphatic rings. The standard InChI is InChI=1S/C23H31ClN4O6S/c1-5-12-27(35(32,33)21-9-7-6-8-20(21)28(30)31)15-17(14-22(29)34-23(2,3)4)26-16-10-11-19(25)18(24)13-16/h6-11,13,17,26H,5,12,14-15,25H2,1-4H3/t17-/m0/s1. The summed E-state index contributed by atoms with van der Waals surface area (Å²) in [5, 5.41) is 14.9. The Bertz CT molecular complexity index is 1170. The van der Waals surface area contributed by atoms with Crippen molar-refractivity contribution in [2.24, 2.45) is 0 Å². The Labute approximate surface area is 210 Å². The van der Waals surface area contributed by atoms with Gasteiger partial charge in [0.1, 0.15) is 5.60 Å². The van der Waals surface area contributed by atoms with Crippen LogP contribution in [0.1, 0.15) is 40.5 Å². The molecule has 192 valence electrons. The van der Waals surface area contributed by atoms with Crippen molar-refractivity contribution in [3.8, 4) is 0 Å². The first-order chi connectivity index (χ1) is 16.2. The van der Waals surface area contributed by atoms with Gasteiger partial charge in [-0.15, -0.1) is 0 Å². The van der Waals surface area contributed by atoms with Crippen LogP contribution in [0, 0.1) is 10.1 Å².